The molecule has 0 spiro atoms. The van der Waals surface area contributed by atoms with Gasteiger partial charge >= 0.3 is 0 Å². The van der Waals surface area contributed by atoms with Gasteiger partial charge in [-0.2, -0.15) is 5.10 Å². The van der Waals surface area contributed by atoms with Crippen LogP contribution in [0.15, 0.2) is 52.2 Å². The topological polar surface area (TPSA) is 85.8 Å². The predicted molar refractivity (Wildman–Crippen MR) is 109 cm³/mol. The summed E-state index contributed by atoms with van der Waals surface area (Å²) in [6, 6.07) is 12.2. The molecule has 0 saturated heterocycles. The molecule has 3 aromatic rings. The van der Waals surface area contributed by atoms with Gasteiger partial charge in [0, 0.05) is 18.5 Å². The van der Waals surface area contributed by atoms with Crippen molar-refractivity contribution in [3.8, 4) is 0 Å². The zero-order chi connectivity index (χ0) is 20.1. The van der Waals surface area contributed by atoms with Gasteiger partial charge in [-0.15, -0.1) is 10.2 Å². The van der Waals surface area contributed by atoms with Crippen LogP contribution in [0.2, 0.25) is 0 Å². The second kappa shape index (κ2) is 9.05. The van der Waals surface area contributed by atoms with Crippen LogP contribution in [0.1, 0.15) is 51.1 Å². The summed E-state index contributed by atoms with van der Waals surface area (Å²) in [5, 5.41) is 15.3. The first kappa shape index (κ1) is 20.1. The Morgan fingerprint density at radius 3 is 2.61 bits per heavy atom. The number of nitrogens with one attached hydrogen (secondary N) is 1. The quantitative estimate of drug-likeness (QED) is 0.568. The van der Waals surface area contributed by atoms with E-state index in [4.69, 9.17) is 4.42 Å². The predicted octanol–water partition coefficient (Wildman–Crippen LogP) is 4.31. The highest BCUT2D eigenvalue weighted by Crippen LogP contribution is 2.26. The molecule has 0 unspecified atom stereocenters. The fraction of sp³-hybridized carbons (Fsp3) is 0.400. The lowest BCUT2D eigenvalue weighted by Gasteiger charge is -2.13. The summed E-state index contributed by atoms with van der Waals surface area (Å²) < 4.78 is 7.51. The number of nitrogens with zero attached hydrogens (tertiary/aromatic N) is 4. The van der Waals surface area contributed by atoms with Crippen LogP contribution in [0.5, 0.6) is 0 Å². The fourth-order valence-corrected chi connectivity index (χ4v) is 3.49. The smallest absolute Gasteiger partial charge is 0.277 e. The summed E-state index contributed by atoms with van der Waals surface area (Å²) >= 11 is 1.25. The maximum absolute atomic E-state index is 12.5. The Labute approximate surface area is 168 Å². The molecule has 0 bridgehead atoms. The highest BCUT2D eigenvalue weighted by atomic mass is 32.2. The summed E-state index contributed by atoms with van der Waals surface area (Å²) in [4.78, 5) is 12.5. The lowest BCUT2D eigenvalue weighted by atomic mass is 9.98. The van der Waals surface area contributed by atoms with E-state index in [0.29, 0.717) is 23.4 Å². The number of hydrogen-bond acceptors (Lipinski definition) is 6. The van der Waals surface area contributed by atoms with Crippen LogP contribution < -0.4 is 5.32 Å². The number of aromatic nitrogens is 4. The molecule has 7 nitrogen and oxygen atoms in total. The van der Waals surface area contributed by atoms with Gasteiger partial charge in [0.1, 0.15) is 5.82 Å². The number of carbonyl (C=O) groups excluding carboxylic acids is 1. The number of carbonyl (C=O) groups is 1. The van der Waals surface area contributed by atoms with Crippen LogP contribution in [0.4, 0.5) is 5.82 Å². The number of hydrogen-bond donors (Lipinski definition) is 1. The summed E-state index contributed by atoms with van der Waals surface area (Å²) in [6.07, 6.45) is 2.33. The maximum atomic E-state index is 12.5. The molecule has 8 heteroatoms. The van der Waals surface area contributed by atoms with Crippen molar-refractivity contribution < 1.29 is 9.21 Å². The van der Waals surface area contributed by atoms with Crippen molar-refractivity contribution in [2.75, 3.05) is 5.32 Å². The Balaban J connectivity index is 1.56. The molecule has 1 aromatic carbocycles. The van der Waals surface area contributed by atoms with E-state index in [1.165, 1.54) is 17.3 Å². The first-order chi connectivity index (χ1) is 13.4. The second-order valence-corrected chi connectivity index (χ2v) is 8.27. The minimum atomic E-state index is -0.379. The number of anilines is 1. The van der Waals surface area contributed by atoms with E-state index in [0.717, 1.165) is 0 Å². The van der Waals surface area contributed by atoms with Gasteiger partial charge in [0.25, 0.3) is 5.22 Å². The Kier molecular flexibility index (Phi) is 6.51. The molecule has 1 N–H and O–H groups in total. The lowest BCUT2D eigenvalue weighted by Crippen LogP contribution is -2.24. The monoisotopic (exact) mass is 399 g/mol. The van der Waals surface area contributed by atoms with E-state index >= 15 is 0 Å². The third-order valence-electron chi connectivity index (χ3n) is 4.36. The second-order valence-electron chi connectivity index (χ2n) is 6.98. The lowest BCUT2D eigenvalue weighted by molar-refractivity contribution is -0.115. The van der Waals surface area contributed by atoms with E-state index in [1.54, 1.807) is 16.9 Å². The van der Waals surface area contributed by atoms with E-state index in [2.05, 4.69) is 39.7 Å². The Hall–Kier alpha value is -2.61. The minimum Gasteiger partial charge on any atom is -0.416 e. The molecule has 2 heterocycles. The molecule has 28 heavy (non-hydrogen) atoms. The zero-order valence-electron chi connectivity index (χ0n) is 16.5. The van der Waals surface area contributed by atoms with E-state index in [-0.39, 0.29) is 23.1 Å². The Morgan fingerprint density at radius 1 is 1.14 bits per heavy atom. The number of rotatable bonds is 8. The van der Waals surface area contributed by atoms with E-state index in [1.807, 2.05) is 39.0 Å². The van der Waals surface area contributed by atoms with Gasteiger partial charge in [-0.05, 0) is 32.3 Å². The van der Waals surface area contributed by atoms with Gasteiger partial charge in [-0.1, -0.05) is 49.0 Å². The normalized spacial score (nSPS) is 13.5. The van der Waals surface area contributed by atoms with Crippen molar-refractivity contribution in [3.63, 3.8) is 0 Å². The Morgan fingerprint density at radius 2 is 1.89 bits per heavy atom. The molecule has 0 aliphatic rings. The summed E-state index contributed by atoms with van der Waals surface area (Å²) in [5.41, 5.74) is 1.23. The van der Waals surface area contributed by atoms with Crippen molar-refractivity contribution in [1.82, 2.24) is 20.0 Å². The molecule has 0 saturated carbocycles. The molecule has 0 aliphatic heterocycles. The van der Waals surface area contributed by atoms with Gasteiger partial charge < -0.3 is 9.73 Å². The van der Waals surface area contributed by atoms with Gasteiger partial charge in [0.05, 0.1) is 11.4 Å². The average molecular weight is 400 g/mol. The van der Waals surface area contributed by atoms with Gasteiger partial charge in [0.15, 0.2) is 0 Å². The van der Waals surface area contributed by atoms with Crippen molar-refractivity contribution in [3.05, 3.63) is 54.0 Å². The van der Waals surface area contributed by atoms with Crippen molar-refractivity contribution >= 4 is 23.5 Å². The van der Waals surface area contributed by atoms with E-state index in [9.17, 15) is 4.79 Å². The molecule has 2 atom stereocenters. The molecule has 3 rings (SSSR count). The zero-order valence-corrected chi connectivity index (χ0v) is 17.3. The van der Waals surface area contributed by atoms with Crippen LogP contribution in [0.25, 0.3) is 0 Å². The van der Waals surface area contributed by atoms with Crippen LogP contribution >= 0.6 is 11.8 Å². The van der Waals surface area contributed by atoms with Gasteiger partial charge in [-0.3, -0.25) is 4.79 Å². The molecule has 0 aliphatic carbocycles. The van der Waals surface area contributed by atoms with Crippen LogP contribution in [-0.2, 0) is 11.2 Å². The summed E-state index contributed by atoms with van der Waals surface area (Å²) in [7, 11) is 0. The standard InChI is InChI=1S/C20H25N5O2S/c1-13(2)25-17(10-11-21-25)22-19(26)15(4)28-20-24-23-18(27-20)12-14(3)16-8-6-5-7-9-16/h5-11,13-15H,12H2,1-4H3,(H,22,26)/t14-,15-/m0/s1. The molecule has 0 fully saturated rings. The minimum absolute atomic E-state index is 0.134. The number of benzene rings is 1. The van der Waals surface area contributed by atoms with Crippen LogP contribution in [0, 0.1) is 0 Å². The first-order valence-corrected chi connectivity index (χ1v) is 10.2. The summed E-state index contributed by atoms with van der Waals surface area (Å²) in [5.74, 6) is 1.39. The Bertz CT molecular complexity index is 906. The third-order valence-corrected chi connectivity index (χ3v) is 5.29. The molecule has 1 amide bonds. The largest absolute Gasteiger partial charge is 0.416 e. The van der Waals surface area contributed by atoms with Crippen LogP contribution in [-0.4, -0.2) is 31.1 Å². The highest BCUT2D eigenvalue weighted by molar-refractivity contribution is 8.00. The first-order valence-electron chi connectivity index (χ1n) is 9.32. The van der Waals surface area contributed by atoms with Crippen LogP contribution in [0.3, 0.4) is 0 Å². The van der Waals surface area contributed by atoms with Crippen molar-refractivity contribution in [1.29, 1.82) is 0 Å². The van der Waals surface area contributed by atoms with Gasteiger partial charge in [-0.25, -0.2) is 4.68 Å². The maximum Gasteiger partial charge on any atom is 0.277 e. The molecular formula is C20H25N5O2S. The SMILES string of the molecule is CC(C)n1nccc1NC(=O)[C@H](C)Sc1nnc(C[C@H](C)c2ccccc2)o1. The number of amides is 1. The molecule has 148 valence electrons. The highest BCUT2D eigenvalue weighted by Gasteiger charge is 2.20. The third kappa shape index (κ3) is 5.01. The molecule has 2 aromatic heterocycles. The van der Waals surface area contributed by atoms with Gasteiger partial charge in [0.2, 0.25) is 11.8 Å². The number of thioether (sulfide) groups is 1. The molecule has 0 radical (unpaired) electrons. The summed E-state index contributed by atoms with van der Waals surface area (Å²) in [6.45, 7) is 7.96. The molecular weight excluding hydrogens is 374 g/mol. The van der Waals surface area contributed by atoms with Crippen molar-refractivity contribution in [2.45, 2.75) is 56.5 Å². The fourth-order valence-electron chi connectivity index (χ4n) is 2.79. The average Bonchev–Trinajstić information content (AvgIpc) is 3.31. The van der Waals surface area contributed by atoms with E-state index < -0.39 is 0 Å². The van der Waals surface area contributed by atoms with Crippen molar-refractivity contribution in [2.24, 2.45) is 0 Å².